The number of pyridine rings is 1. The van der Waals surface area contributed by atoms with Crippen LogP contribution >= 0.6 is 11.6 Å². The number of morpholine rings is 1. The molecule has 186 valence electrons. The molecule has 1 atom stereocenters. The second-order valence-electron chi connectivity index (χ2n) is 10.2. The third-order valence-electron chi connectivity index (χ3n) is 8.04. The van der Waals surface area contributed by atoms with Crippen LogP contribution in [0.2, 0.25) is 5.02 Å². The van der Waals surface area contributed by atoms with E-state index in [9.17, 15) is 4.79 Å². The summed E-state index contributed by atoms with van der Waals surface area (Å²) in [5, 5.41) is 5.34. The number of ether oxygens (including phenoxy) is 1. The Bertz CT molecular complexity index is 1500. The summed E-state index contributed by atoms with van der Waals surface area (Å²) in [5.41, 5.74) is 4.82. The summed E-state index contributed by atoms with van der Waals surface area (Å²) < 4.78 is 5.50. The van der Waals surface area contributed by atoms with Crippen LogP contribution in [0.3, 0.4) is 0 Å². The molecule has 2 aromatic carbocycles. The van der Waals surface area contributed by atoms with Crippen LogP contribution in [-0.4, -0.2) is 71.8 Å². The van der Waals surface area contributed by atoms with Gasteiger partial charge in [0.05, 0.1) is 35.5 Å². The number of nitrogens with zero attached hydrogens (tertiary/aromatic N) is 3. The highest BCUT2D eigenvalue weighted by Gasteiger charge is 2.35. The quantitative estimate of drug-likeness (QED) is 0.388. The molecule has 4 aliphatic rings. The SMILES string of the molecule is O=c1[nH]c2ccc(Cl)cc2c(NC2CN3CCC2CC3)c1-c1nc2ccc(N3CCOCC3)cc2[nH]1. The van der Waals surface area contributed by atoms with Gasteiger partial charge in [-0.05, 0) is 68.2 Å². The number of anilines is 2. The number of benzene rings is 2. The summed E-state index contributed by atoms with van der Waals surface area (Å²) in [4.78, 5) is 29.7. The Kier molecular flexibility index (Phi) is 5.41. The van der Waals surface area contributed by atoms with E-state index in [2.05, 4.69) is 37.2 Å². The van der Waals surface area contributed by atoms with Crippen LogP contribution in [0.5, 0.6) is 0 Å². The van der Waals surface area contributed by atoms with Crippen LogP contribution in [0, 0.1) is 5.92 Å². The maximum Gasteiger partial charge on any atom is 0.261 e. The summed E-state index contributed by atoms with van der Waals surface area (Å²) >= 11 is 6.43. The molecule has 0 radical (unpaired) electrons. The van der Waals surface area contributed by atoms with Crippen LogP contribution < -0.4 is 15.8 Å². The lowest BCUT2D eigenvalue weighted by atomic mass is 9.83. The van der Waals surface area contributed by atoms with Gasteiger partial charge in [-0.25, -0.2) is 4.98 Å². The van der Waals surface area contributed by atoms with E-state index in [1.165, 1.54) is 12.8 Å². The number of halogens is 1. The molecule has 2 bridgehead atoms. The van der Waals surface area contributed by atoms with E-state index in [-0.39, 0.29) is 11.6 Å². The highest BCUT2D eigenvalue weighted by atomic mass is 35.5. The topological polar surface area (TPSA) is 89.3 Å². The first kappa shape index (κ1) is 22.2. The number of H-pyrrole nitrogens is 2. The van der Waals surface area contributed by atoms with Gasteiger partial charge in [0.1, 0.15) is 11.4 Å². The standard InChI is InChI=1S/C27H29ClN6O2/c28-17-1-3-20-19(13-17)25(29-23-15-33-7-5-16(23)6-8-33)24(27(35)32-20)26-30-21-4-2-18(14-22(21)31-26)34-9-11-36-12-10-34/h1-4,13-14,16,23H,5-12,15H2,(H,30,31)(H2,29,32,35). The number of nitrogens with one attached hydrogen (secondary N) is 3. The second-order valence-corrected chi connectivity index (χ2v) is 10.6. The summed E-state index contributed by atoms with van der Waals surface area (Å²) in [6.07, 6.45) is 2.37. The first-order valence-electron chi connectivity index (χ1n) is 12.8. The molecule has 8 nitrogen and oxygen atoms in total. The second kappa shape index (κ2) is 8.80. The molecule has 0 saturated carbocycles. The van der Waals surface area contributed by atoms with E-state index in [1.807, 2.05) is 24.3 Å². The molecule has 0 aliphatic carbocycles. The van der Waals surface area contributed by atoms with Crippen molar-refractivity contribution in [2.24, 2.45) is 5.92 Å². The minimum absolute atomic E-state index is 0.166. The van der Waals surface area contributed by atoms with Gasteiger partial charge in [-0.1, -0.05) is 11.6 Å². The lowest BCUT2D eigenvalue weighted by Gasteiger charge is -2.45. The summed E-state index contributed by atoms with van der Waals surface area (Å²) in [6, 6.07) is 12.1. The van der Waals surface area contributed by atoms with Crippen LogP contribution in [0.4, 0.5) is 11.4 Å². The fourth-order valence-electron chi connectivity index (χ4n) is 6.09. The number of aromatic nitrogens is 3. The monoisotopic (exact) mass is 504 g/mol. The van der Waals surface area contributed by atoms with Gasteiger partial charge in [0.2, 0.25) is 0 Å². The number of imidazole rings is 1. The van der Waals surface area contributed by atoms with Gasteiger partial charge in [0.25, 0.3) is 5.56 Å². The number of hydrogen-bond donors (Lipinski definition) is 3. The van der Waals surface area contributed by atoms with Crippen molar-refractivity contribution in [3.8, 4) is 11.4 Å². The Hall–Kier alpha value is -3.07. The molecule has 4 aromatic rings. The van der Waals surface area contributed by atoms with Crippen molar-refractivity contribution in [3.05, 3.63) is 51.8 Å². The van der Waals surface area contributed by atoms with E-state index >= 15 is 0 Å². The molecule has 6 heterocycles. The Morgan fingerprint density at radius 1 is 1.00 bits per heavy atom. The van der Waals surface area contributed by atoms with Crippen LogP contribution in [-0.2, 0) is 4.74 Å². The Labute approximate surface area is 213 Å². The fourth-order valence-corrected chi connectivity index (χ4v) is 6.26. The third-order valence-corrected chi connectivity index (χ3v) is 8.28. The van der Waals surface area contributed by atoms with Gasteiger partial charge in [-0.2, -0.15) is 0 Å². The number of hydrogen-bond acceptors (Lipinski definition) is 6. The zero-order chi connectivity index (χ0) is 24.2. The fraction of sp³-hybridized carbons (Fsp3) is 0.407. The Morgan fingerprint density at radius 2 is 1.83 bits per heavy atom. The number of fused-ring (bicyclic) bond motifs is 5. The molecule has 3 N–H and O–H groups in total. The zero-order valence-corrected chi connectivity index (χ0v) is 20.8. The summed E-state index contributed by atoms with van der Waals surface area (Å²) in [5.74, 6) is 1.17. The molecule has 4 fully saturated rings. The molecule has 4 aliphatic heterocycles. The molecular weight excluding hydrogens is 476 g/mol. The molecule has 2 aromatic heterocycles. The summed E-state index contributed by atoms with van der Waals surface area (Å²) in [6.45, 7) is 6.50. The van der Waals surface area contributed by atoms with Crippen molar-refractivity contribution in [1.29, 1.82) is 0 Å². The van der Waals surface area contributed by atoms with E-state index in [0.29, 0.717) is 22.3 Å². The average Bonchev–Trinajstić information content (AvgIpc) is 3.33. The van der Waals surface area contributed by atoms with Gasteiger partial charge >= 0.3 is 0 Å². The number of rotatable bonds is 4. The van der Waals surface area contributed by atoms with Gasteiger partial charge < -0.3 is 29.8 Å². The average molecular weight is 505 g/mol. The lowest BCUT2D eigenvalue weighted by molar-refractivity contribution is 0.0976. The highest BCUT2D eigenvalue weighted by Crippen LogP contribution is 2.36. The van der Waals surface area contributed by atoms with Crippen molar-refractivity contribution in [2.75, 3.05) is 56.2 Å². The first-order valence-corrected chi connectivity index (χ1v) is 13.2. The Balaban J connectivity index is 1.35. The molecule has 9 heteroatoms. The molecular formula is C27H29ClN6O2. The van der Waals surface area contributed by atoms with Crippen molar-refractivity contribution < 1.29 is 4.74 Å². The predicted molar refractivity (Wildman–Crippen MR) is 144 cm³/mol. The molecule has 1 unspecified atom stereocenters. The van der Waals surface area contributed by atoms with Crippen molar-refractivity contribution in [2.45, 2.75) is 18.9 Å². The molecule has 4 saturated heterocycles. The van der Waals surface area contributed by atoms with Crippen molar-refractivity contribution >= 4 is 44.9 Å². The lowest BCUT2D eigenvalue weighted by Crippen LogP contribution is -2.53. The minimum atomic E-state index is -0.166. The van der Waals surface area contributed by atoms with Gasteiger partial charge in [0, 0.05) is 41.8 Å². The molecule has 0 amide bonds. The van der Waals surface area contributed by atoms with Crippen molar-refractivity contribution in [1.82, 2.24) is 19.9 Å². The summed E-state index contributed by atoms with van der Waals surface area (Å²) in [7, 11) is 0. The first-order chi connectivity index (χ1) is 17.6. The van der Waals surface area contributed by atoms with Gasteiger partial charge in [-0.3, -0.25) is 4.79 Å². The van der Waals surface area contributed by atoms with Crippen molar-refractivity contribution in [3.63, 3.8) is 0 Å². The molecule has 0 spiro atoms. The van der Waals surface area contributed by atoms with Crippen LogP contribution in [0.25, 0.3) is 33.3 Å². The third kappa shape index (κ3) is 3.84. The number of aromatic amines is 2. The molecule has 36 heavy (non-hydrogen) atoms. The normalized spacial score (nSPS) is 24.0. The maximum atomic E-state index is 13.5. The number of piperidine rings is 3. The van der Waals surface area contributed by atoms with E-state index < -0.39 is 0 Å². The Morgan fingerprint density at radius 3 is 2.61 bits per heavy atom. The van der Waals surface area contributed by atoms with Gasteiger partial charge in [0.15, 0.2) is 0 Å². The maximum absolute atomic E-state index is 13.5. The van der Waals surface area contributed by atoms with Gasteiger partial charge in [-0.15, -0.1) is 0 Å². The molecule has 8 rings (SSSR count). The largest absolute Gasteiger partial charge is 0.379 e. The van der Waals surface area contributed by atoms with Crippen LogP contribution in [0.15, 0.2) is 41.2 Å². The zero-order valence-electron chi connectivity index (χ0n) is 20.0. The predicted octanol–water partition coefficient (Wildman–Crippen LogP) is 4.07. The smallest absolute Gasteiger partial charge is 0.261 e. The van der Waals surface area contributed by atoms with E-state index in [1.54, 1.807) is 0 Å². The van der Waals surface area contributed by atoms with E-state index in [0.717, 1.165) is 79.2 Å². The van der Waals surface area contributed by atoms with Crippen LogP contribution in [0.1, 0.15) is 12.8 Å². The highest BCUT2D eigenvalue weighted by molar-refractivity contribution is 6.31. The van der Waals surface area contributed by atoms with E-state index in [4.69, 9.17) is 21.3 Å². The minimum Gasteiger partial charge on any atom is -0.379 e.